The molecule has 0 spiro atoms. The highest BCUT2D eigenvalue weighted by atomic mass is 79.9. The standard InChI is InChI=1S/C19H23Br2NO.ClH/c1-3-8-18(14-9-6-5-7-10-14)22-13-15-11-16(20)12-17(21)19(15)23-4-2;/h5-7,9-12,18,22H,3-4,8,13H2,1-2H3;1H. The zero-order valence-electron chi connectivity index (χ0n) is 14.0. The SMILES string of the molecule is CCCC(NCc1cc(Br)cc(Br)c1OCC)c1ccccc1.Cl. The van der Waals surface area contributed by atoms with Crippen LogP contribution in [-0.2, 0) is 6.54 Å². The molecular weight excluding hydrogens is 453 g/mol. The minimum atomic E-state index is 0. The van der Waals surface area contributed by atoms with Crippen LogP contribution in [0.2, 0.25) is 0 Å². The Balaban J connectivity index is 0.00000288. The highest BCUT2D eigenvalue weighted by Gasteiger charge is 2.14. The van der Waals surface area contributed by atoms with Gasteiger partial charge in [0.1, 0.15) is 5.75 Å². The van der Waals surface area contributed by atoms with Crippen LogP contribution in [0, 0.1) is 0 Å². The van der Waals surface area contributed by atoms with Crippen molar-refractivity contribution in [3.8, 4) is 5.75 Å². The fraction of sp³-hybridized carbons (Fsp3) is 0.368. The van der Waals surface area contributed by atoms with Gasteiger partial charge in [0.05, 0.1) is 11.1 Å². The van der Waals surface area contributed by atoms with E-state index < -0.39 is 0 Å². The third-order valence-corrected chi connectivity index (χ3v) is 4.74. The molecule has 5 heteroatoms. The third kappa shape index (κ3) is 6.07. The highest BCUT2D eigenvalue weighted by Crippen LogP contribution is 2.33. The van der Waals surface area contributed by atoms with Gasteiger partial charge in [0.15, 0.2) is 0 Å². The van der Waals surface area contributed by atoms with Gasteiger partial charge < -0.3 is 10.1 Å². The Kier molecular flexibility index (Phi) is 9.98. The summed E-state index contributed by atoms with van der Waals surface area (Å²) in [6.45, 7) is 5.66. The van der Waals surface area contributed by atoms with E-state index in [2.05, 4.69) is 80.5 Å². The first-order valence-electron chi connectivity index (χ1n) is 8.04. The van der Waals surface area contributed by atoms with E-state index in [-0.39, 0.29) is 12.4 Å². The summed E-state index contributed by atoms with van der Waals surface area (Å²) in [7, 11) is 0. The van der Waals surface area contributed by atoms with Gasteiger partial charge in [-0.3, -0.25) is 0 Å². The van der Waals surface area contributed by atoms with Crippen molar-refractivity contribution < 1.29 is 4.74 Å². The number of nitrogens with one attached hydrogen (secondary N) is 1. The zero-order chi connectivity index (χ0) is 16.7. The quantitative estimate of drug-likeness (QED) is 0.459. The van der Waals surface area contributed by atoms with Crippen molar-refractivity contribution in [3.63, 3.8) is 0 Å². The lowest BCUT2D eigenvalue weighted by atomic mass is 10.0. The summed E-state index contributed by atoms with van der Waals surface area (Å²) in [5.41, 5.74) is 2.49. The maximum absolute atomic E-state index is 5.81. The van der Waals surface area contributed by atoms with Crippen LogP contribution < -0.4 is 10.1 Å². The molecule has 0 saturated heterocycles. The third-order valence-electron chi connectivity index (χ3n) is 3.69. The molecule has 1 atom stereocenters. The van der Waals surface area contributed by atoms with Crippen LogP contribution >= 0.6 is 44.3 Å². The van der Waals surface area contributed by atoms with Gasteiger partial charge in [-0.2, -0.15) is 0 Å². The predicted octanol–water partition coefficient (Wildman–Crippen LogP) is 6.66. The van der Waals surface area contributed by atoms with Gasteiger partial charge in [0.25, 0.3) is 0 Å². The van der Waals surface area contributed by atoms with E-state index in [1.165, 1.54) is 5.56 Å². The lowest BCUT2D eigenvalue weighted by Crippen LogP contribution is -2.21. The molecule has 132 valence electrons. The molecule has 2 rings (SSSR count). The Bertz CT molecular complexity index is 622. The van der Waals surface area contributed by atoms with E-state index in [1.54, 1.807) is 0 Å². The number of benzene rings is 2. The van der Waals surface area contributed by atoms with Gasteiger partial charge in [-0.15, -0.1) is 12.4 Å². The minimum Gasteiger partial charge on any atom is -0.492 e. The van der Waals surface area contributed by atoms with Crippen molar-refractivity contribution in [2.45, 2.75) is 39.3 Å². The van der Waals surface area contributed by atoms with Crippen LogP contribution in [0.15, 0.2) is 51.4 Å². The summed E-state index contributed by atoms with van der Waals surface area (Å²) in [5, 5.41) is 3.68. The Morgan fingerprint density at radius 3 is 2.42 bits per heavy atom. The number of hydrogen-bond acceptors (Lipinski definition) is 2. The van der Waals surface area contributed by atoms with Crippen molar-refractivity contribution in [2.75, 3.05) is 6.61 Å². The second kappa shape index (κ2) is 11.1. The van der Waals surface area contributed by atoms with Crippen molar-refractivity contribution in [2.24, 2.45) is 0 Å². The smallest absolute Gasteiger partial charge is 0.138 e. The lowest BCUT2D eigenvalue weighted by Gasteiger charge is -2.20. The van der Waals surface area contributed by atoms with E-state index in [0.29, 0.717) is 12.6 Å². The molecule has 2 nitrogen and oxygen atoms in total. The molecule has 1 unspecified atom stereocenters. The molecular formula is C19H24Br2ClNO. The number of rotatable bonds is 8. The minimum absolute atomic E-state index is 0. The number of hydrogen-bond donors (Lipinski definition) is 1. The maximum Gasteiger partial charge on any atom is 0.138 e. The van der Waals surface area contributed by atoms with Crippen LogP contribution in [0.3, 0.4) is 0 Å². The van der Waals surface area contributed by atoms with Crippen molar-refractivity contribution in [1.29, 1.82) is 0 Å². The number of ether oxygens (including phenoxy) is 1. The average molecular weight is 478 g/mol. The molecule has 0 bridgehead atoms. The second-order valence-electron chi connectivity index (χ2n) is 5.44. The lowest BCUT2D eigenvalue weighted by molar-refractivity contribution is 0.332. The summed E-state index contributed by atoms with van der Waals surface area (Å²) in [6.07, 6.45) is 2.26. The first-order valence-corrected chi connectivity index (χ1v) is 9.63. The van der Waals surface area contributed by atoms with Gasteiger partial charge in [-0.05, 0) is 47.0 Å². The molecule has 0 radical (unpaired) electrons. The van der Waals surface area contributed by atoms with Gasteiger partial charge in [-0.1, -0.05) is 59.6 Å². The highest BCUT2D eigenvalue weighted by molar-refractivity contribution is 9.11. The Labute approximate surface area is 168 Å². The zero-order valence-corrected chi connectivity index (χ0v) is 18.0. The molecule has 2 aromatic rings. The van der Waals surface area contributed by atoms with Gasteiger partial charge in [0.2, 0.25) is 0 Å². The Morgan fingerprint density at radius 1 is 1.08 bits per heavy atom. The van der Waals surface area contributed by atoms with E-state index in [0.717, 1.165) is 39.6 Å². The molecule has 0 fully saturated rings. The van der Waals surface area contributed by atoms with Gasteiger partial charge >= 0.3 is 0 Å². The summed E-state index contributed by atoms with van der Waals surface area (Å²) in [6, 6.07) is 15.1. The monoisotopic (exact) mass is 475 g/mol. The van der Waals surface area contributed by atoms with E-state index >= 15 is 0 Å². The fourth-order valence-corrected chi connectivity index (χ4v) is 4.07. The Hall–Kier alpha value is -0.550. The molecule has 0 aromatic heterocycles. The molecule has 0 saturated carbocycles. The van der Waals surface area contributed by atoms with Crippen LogP contribution in [0.25, 0.3) is 0 Å². The van der Waals surface area contributed by atoms with Crippen molar-refractivity contribution in [3.05, 3.63) is 62.5 Å². The van der Waals surface area contributed by atoms with Gasteiger partial charge in [0, 0.05) is 22.6 Å². The van der Waals surface area contributed by atoms with E-state index in [4.69, 9.17) is 4.74 Å². The molecule has 0 aliphatic rings. The van der Waals surface area contributed by atoms with E-state index in [1.807, 2.05) is 13.0 Å². The molecule has 1 N–H and O–H groups in total. The molecule has 0 aliphatic heterocycles. The number of halogens is 3. The predicted molar refractivity (Wildman–Crippen MR) is 111 cm³/mol. The molecule has 0 amide bonds. The first-order chi connectivity index (χ1) is 11.2. The van der Waals surface area contributed by atoms with Crippen LogP contribution in [0.1, 0.15) is 43.9 Å². The molecule has 2 aromatic carbocycles. The fourth-order valence-electron chi connectivity index (χ4n) is 2.64. The van der Waals surface area contributed by atoms with E-state index in [9.17, 15) is 0 Å². The molecule has 0 heterocycles. The summed E-state index contributed by atoms with van der Waals surface area (Å²) in [4.78, 5) is 0. The van der Waals surface area contributed by atoms with Crippen LogP contribution in [-0.4, -0.2) is 6.61 Å². The summed E-state index contributed by atoms with van der Waals surface area (Å²) >= 11 is 7.17. The Morgan fingerprint density at radius 2 is 1.79 bits per heavy atom. The van der Waals surface area contributed by atoms with Crippen LogP contribution in [0.5, 0.6) is 5.75 Å². The second-order valence-corrected chi connectivity index (χ2v) is 7.21. The van der Waals surface area contributed by atoms with Crippen molar-refractivity contribution in [1.82, 2.24) is 5.32 Å². The van der Waals surface area contributed by atoms with Crippen molar-refractivity contribution >= 4 is 44.3 Å². The average Bonchev–Trinajstić information content (AvgIpc) is 2.55. The topological polar surface area (TPSA) is 21.3 Å². The summed E-state index contributed by atoms with van der Waals surface area (Å²) in [5.74, 6) is 0.923. The largest absolute Gasteiger partial charge is 0.492 e. The van der Waals surface area contributed by atoms with Gasteiger partial charge in [-0.25, -0.2) is 0 Å². The normalized spacial score (nSPS) is 11.7. The van der Waals surface area contributed by atoms with Crippen LogP contribution in [0.4, 0.5) is 0 Å². The molecule has 0 aliphatic carbocycles. The summed E-state index contributed by atoms with van der Waals surface area (Å²) < 4.78 is 7.85. The first kappa shape index (κ1) is 21.5. The maximum atomic E-state index is 5.81. The molecule has 24 heavy (non-hydrogen) atoms.